The summed E-state index contributed by atoms with van der Waals surface area (Å²) in [5.41, 5.74) is 0. The molecule has 2 rings (SSSR count). The van der Waals surface area contributed by atoms with Crippen LogP contribution in [0.2, 0.25) is 0 Å². The first kappa shape index (κ1) is 16.5. The van der Waals surface area contributed by atoms with E-state index in [1.165, 1.54) is 35.5 Å². The van der Waals surface area contributed by atoms with Crippen LogP contribution in [0.1, 0.15) is 41.8 Å². The van der Waals surface area contributed by atoms with Gasteiger partial charge in [-0.2, -0.15) is 0 Å². The number of halogens is 1. The molecule has 0 radical (unpaired) electrons. The van der Waals surface area contributed by atoms with Crippen molar-refractivity contribution in [3.8, 4) is 0 Å². The van der Waals surface area contributed by atoms with Crippen molar-refractivity contribution in [3.05, 3.63) is 20.8 Å². The average molecular weight is 373 g/mol. The van der Waals surface area contributed by atoms with Crippen LogP contribution in [0, 0.1) is 0 Å². The van der Waals surface area contributed by atoms with E-state index in [4.69, 9.17) is 0 Å². The molecule has 0 unspecified atom stereocenters. The van der Waals surface area contributed by atoms with E-state index in [9.17, 15) is 9.59 Å². The van der Waals surface area contributed by atoms with Crippen LogP contribution in [-0.4, -0.2) is 48.3 Å². The lowest BCUT2D eigenvalue weighted by molar-refractivity contribution is -0.133. The highest BCUT2D eigenvalue weighted by Crippen LogP contribution is 2.24. The third-order valence-corrected chi connectivity index (χ3v) is 5.87. The van der Waals surface area contributed by atoms with Crippen molar-refractivity contribution in [1.82, 2.24) is 9.80 Å². The number of thiophene rings is 1. The number of amides is 2. The van der Waals surface area contributed by atoms with Gasteiger partial charge in [-0.25, -0.2) is 0 Å². The van der Waals surface area contributed by atoms with Crippen LogP contribution < -0.4 is 0 Å². The first-order chi connectivity index (χ1) is 10.0. The Kier molecular flexibility index (Phi) is 5.81. The van der Waals surface area contributed by atoms with Gasteiger partial charge in [0.05, 0.1) is 6.54 Å². The zero-order valence-electron chi connectivity index (χ0n) is 12.5. The maximum atomic E-state index is 12.3. The predicted octanol–water partition coefficient (Wildman–Crippen LogP) is 3.37. The molecule has 0 N–H and O–H groups in total. The van der Waals surface area contributed by atoms with Gasteiger partial charge in [0.15, 0.2) is 0 Å². The maximum Gasteiger partial charge on any atom is 0.265 e. The molecule has 1 aromatic rings. The van der Waals surface area contributed by atoms with Gasteiger partial charge < -0.3 is 9.80 Å². The van der Waals surface area contributed by atoms with Crippen molar-refractivity contribution in [3.63, 3.8) is 0 Å². The minimum Gasteiger partial charge on any atom is -0.341 e. The Morgan fingerprint density at radius 3 is 2.52 bits per heavy atom. The topological polar surface area (TPSA) is 40.6 Å². The summed E-state index contributed by atoms with van der Waals surface area (Å²) < 4.78 is 0.789. The second-order valence-corrected chi connectivity index (χ2v) is 7.33. The Morgan fingerprint density at radius 1 is 1.29 bits per heavy atom. The third kappa shape index (κ3) is 4.07. The summed E-state index contributed by atoms with van der Waals surface area (Å²) in [6.45, 7) is 0.135. The summed E-state index contributed by atoms with van der Waals surface area (Å²) in [6.07, 6.45) is 5.81. The lowest BCUT2D eigenvalue weighted by atomic mass is 9.94. The number of carbonyl (C=O) groups excluding carboxylic acids is 2. The number of carbonyl (C=O) groups is 2. The van der Waals surface area contributed by atoms with E-state index in [0.29, 0.717) is 10.9 Å². The molecule has 1 saturated carbocycles. The Labute approximate surface area is 138 Å². The highest BCUT2D eigenvalue weighted by Gasteiger charge is 2.25. The third-order valence-electron chi connectivity index (χ3n) is 4.05. The van der Waals surface area contributed by atoms with Gasteiger partial charge in [0, 0.05) is 24.6 Å². The molecule has 2 amide bonds. The van der Waals surface area contributed by atoms with Crippen molar-refractivity contribution in [2.45, 2.75) is 38.1 Å². The fraction of sp³-hybridized carbons (Fsp3) is 0.600. The molecule has 0 spiro atoms. The minimum atomic E-state index is -0.109. The van der Waals surface area contributed by atoms with Crippen molar-refractivity contribution < 1.29 is 9.59 Å². The smallest absolute Gasteiger partial charge is 0.265 e. The Balaban J connectivity index is 1.92. The van der Waals surface area contributed by atoms with Crippen LogP contribution in [0.25, 0.3) is 0 Å². The molecule has 0 aliphatic heterocycles. The molecule has 4 nitrogen and oxygen atoms in total. The van der Waals surface area contributed by atoms with Gasteiger partial charge in [-0.05, 0) is 40.2 Å². The summed E-state index contributed by atoms with van der Waals surface area (Å²) in [7, 11) is 3.54. The van der Waals surface area contributed by atoms with E-state index in [2.05, 4.69) is 15.9 Å². The standard InChI is InChI=1S/C15H21BrN2O2S/c1-17(15(20)14-12(16)8-9-21-14)10-13(19)18(2)11-6-4-3-5-7-11/h8-9,11H,3-7,10H2,1-2H3. The number of rotatable bonds is 4. The van der Waals surface area contributed by atoms with Crippen LogP contribution in [0.15, 0.2) is 15.9 Å². The van der Waals surface area contributed by atoms with Gasteiger partial charge in [-0.3, -0.25) is 9.59 Å². The lowest BCUT2D eigenvalue weighted by Crippen LogP contribution is -2.44. The van der Waals surface area contributed by atoms with Gasteiger partial charge in [0.1, 0.15) is 4.88 Å². The van der Waals surface area contributed by atoms with Crippen LogP contribution in [0.3, 0.4) is 0 Å². The molecule has 0 bridgehead atoms. The number of hydrogen-bond acceptors (Lipinski definition) is 3. The Morgan fingerprint density at radius 2 is 1.95 bits per heavy atom. The van der Waals surface area contributed by atoms with Gasteiger partial charge >= 0.3 is 0 Å². The first-order valence-electron chi connectivity index (χ1n) is 7.25. The van der Waals surface area contributed by atoms with Gasteiger partial charge in [0.25, 0.3) is 5.91 Å². The summed E-state index contributed by atoms with van der Waals surface area (Å²) in [5.74, 6) is -0.0901. The summed E-state index contributed by atoms with van der Waals surface area (Å²) >= 11 is 4.75. The van der Waals surface area contributed by atoms with Gasteiger partial charge in [-0.1, -0.05) is 19.3 Å². The fourth-order valence-electron chi connectivity index (χ4n) is 2.68. The van der Waals surface area contributed by atoms with Crippen molar-refractivity contribution in [1.29, 1.82) is 0 Å². The van der Waals surface area contributed by atoms with Gasteiger partial charge in [-0.15, -0.1) is 11.3 Å². The van der Waals surface area contributed by atoms with E-state index in [-0.39, 0.29) is 18.4 Å². The minimum absolute atomic E-state index is 0.0189. The second-order valence-electron chi connectivity index (χ2n) is 5.56. The molecule has 21 heavy (non-hydrogen) atoms. The largest absolute Gasteiger partial charge is 0.341 e. The first-order valence-corrected chi connectivity index (χ1v) is 8.92. The highest BCUT2D eigenvalue weighted by atomic mass is 79.9. The number of nitrogens with zero attached hydrogens (tertiary/aromatic N) is 2. The van der Waals surface area contributed by atoms with E-state index in [0.717, 1.165) is 17.3 Å². The van der Waals surface area contributed by atoms with Crippen LogP contribution >= 0.6 is 27.3 Å². The summed E-state index contributed by atoms with van der Waals surface area (Å²) in [6, 6.07) is 2.19. The van der Waals surface area contributed by atoms with Crippen LogP contribution in [0.4, 0.5) is 0 Å². The zero-order valence-corrected chi connectivity index (χ0v) is 14.9. The summed E-state index contributed by atoms with van der Waals surface area (Å²) in [5, 5.41) is 1.86. The molecular weight excluding hydrogens is 352 g/mol. The molecule has 1 heterocycles. The van der Waals surface area contributed by atoms with E-state index in [1.54, 1.807) is 7.05 Å². The molecule has 6 heteroatoms. The van der Waals surface area contributed by atoms with Crippen LogP contribution in [-0.2, 0) is 4.79 Å². The van der Waals surface area contributed by atoms with E-state index >= 15 is 0 Å². The molecule has 0 aromatic carbocycles. The molecule has 116 valence electrons. The predicted molar refractivity (Wildman–Crippen MR) is 88.6 cm³/mol. The Bertz CT molecular complexity index is 512. The molecule has 1 fully saturated rings. The normalized spacial score (nSPS) is 15.8. The average Bonchev–Trinajstić information content (AvgIpc) is 2.92. The number of hydrogen-bond donors (Lipinski definition) is 0. The summed E-state index contributed by atoms with van der Waals surface area (Å²) in [4.78, 5) is 28.6. The molecule has 1 aliphatic carbocycles. The monoisotopic (exact) mass is 372 g/mol. The molecule has 0 atom stereocenters. The highest BCUT2D eigenvalue weighted by molar-refractivity contribution is 9.10. The molecular formula is C15H21BrN2O2S. The van der Waals surface area contributed by atoms with E-state index in [1.807, 2.05) is 23.4 Å². The van der Waals surface area contributed by atoms with Crippen molar-refractivity contribution >= 4 is 39.1 Å². The van der Waals surface area contributed by atoms with Crippen molar-refractivity contribution in [2.24, 2.45) is 0 Å². The quantitative estimate of drug-likeness (QED) is 0.812. The van der Waals surface area contributed by atoms with Gasteiger partial charge in [0.2, 0.25) is 5.91 Å². The fourth-order valence-corrected chi connectivity index (χ4v) is 4.21. The number of likely N-dealkylation sites (N-methyl/N-ethyl adjacent to an activating group) is 2. The molecule has 1 aromatic heterocycles. The lowest BCUT2D eigenvalue weighted by Gasteiger charge is -2.32. The second kappa shape index (κ2) is 7.40. The molecule has 0 saturated heterocycles. The van der Waals surface area contributed by atoms with Crippen LogP contribution in [0.5, 0.6) is 0 Å². The zero-order chi connectivity index (χ0) is 15.4. The van der Waals surface area contributed by atoms with Crippen molar-refractivity contribution in [2.75, 3.05) is 20.6 Å². The maximum absolute atomic E-state index is 12.3. The van der Waals surface area contributed by atoms with E-state index < -0.39 is 0 Å². The molecule has 1 aliphatic rings. The SMILES string of the molecule is CN(CC(=O)N(C)C1CCCCC1)C(=O)c1sccc1Br. The Hall–Kier alpha value is -0.880.